The van der Waals surface area contributed by atoms with Gasteiger partial charge in [0.15, 0.2) is 6.23 Å². The van der Waals surface area contributed by atoms with Crippen LogP contribution in [0.5, 0.6) is 5.75 Å². The summed E-state index contributed by atoms with van der Waals surface area (Å²) in [6.45, 7) is 3.77. The van der Waals surface area contributed by atoms with E-state index in [1.807, 2.05) is 42.5 Å². The molecule has 1 saturated heterocycles. The highest BCUT2D eigenvalue weighted by Crippen LogP contribution is 2.37. The first-order valence-corrected chi connectivity index (χ1v) is 12.7. The van der Waals surface area contributed by atoms with E-state index in [1.165, 1.54) is 5.57 Å². The summed E-state index contributed by atoms with van der Waals surface area (Å²) < 4.78 is 28.4. The second-order valence-electron chi connectivity index (χ2n) is 9.02. The van der Waals surface area contributed by atoms with E-state index < -0.39 is 5.95 Å². The van der Waals surface area contributed by atoms with Gasteiger partial charge in [-0.3, -0.25) is 0 Å². The van der Waals surface area contributed by atoms with Crippen LogP contribution >= 0.6 is 0 Å². The first-order chi connectivity index (χ1) is 17.7. The van der Waals surface area contributed by atoms with Crippen LogP contribution in [0.1, 0.15) is 55.5 Å². The molecule has 36 heavy (non-hydrogen) atoms. The molecule has 2 N–H and O–H groups in total. The lowest BCUT2D eigenvalue weighted by Crippen LogP contribution is -2.19. The van der Waals surface area contributed by atoms with Gasteiger partial charge in [0, 0.05) is 13.2 Å². The van der Waals surface area contributed by atoms with E-state index in [9.17, 15) is 0 Å². The van der Waals surface area contributed by atoms with Crippen molar-refractivity contribution in [2.45, 2.75) is 38.8 Å². The summed E-state index contributed by atoms with van der Waals surface area (Å²) in [7, 11) is 0. The molecule has 1 aromatic heterocycles. The monoisotopic (exact) mass is 485 g/mol. The standard InChI is InChI=1S/C30H32FN3O2/c1-2-25(21-8-4-3-5-9-21)29(22-11-14-24(15-12-22)35-19-17-32)23-13-16-27-26(20-23)30(31)33-34(27)28-10-6-7-18-36-28/h3-5,8-9,11-16,20,28H,2,6-7,10,17-19,32H2,1H3/b29-25+. The quantitative estimate of drug-likeness (QED) is 0.286. The van der Waals surface area contributed by atoms with E-state index >= 15 is 4.39 Å². The van der Waals surface area contributed by atoms with Gasteiger partial charge in [0.1, 0.15) is 12.4 Å². The van der Waals surface area contributed by atoms with E-state index in [1.54, 1.807) is 4.68 Å². The van der Waals surface area contributed by atoms with Crippen molar-refractivity contribution >= 4 is 22.0 Å². The predicted octanol–water partition coefficient (Wildman–Crippen LogP) is 6.58. The summed E-state index contributed by atoms with van der Waals surface area (Å²) in [5.74, 6) is 0.306. The topological polar surface area (TPSA) is 62.3 Å². The number of halogens is 1. The molecule has 1 atom stereocenters. The Morgan fingerprint density at radius 3 is 2.50 bits per heavy atom. The highest BCUT2D eigenvalue weighted by Gasteiger charge is 2.22. The molecule has 5 nitrogen and oxygen atoms in total. The van der Waals surface area contributed by atoms with Crippen LogP contribution in [0, 0.1) is 5.95 Å². The number of allylic oxidation sites excluding steroid dienone is 1. The Bertz CT molecular complexity index is 1340. The largest absolute Gasteiger partial charge is 0.492 e. The molecule has 1 aliphatic heterocycles. The minimum absolute atomic E-state index is 0.219. The smallest absolute Gasteiger partial charge is 0.240 e. The number of aromatic nitrogens is 2. The van der Waals surface area contributed by atoms with Gasteiger partial charge in [-0.2, -0.15) is 4.39 Å². The second-order valence-corrected chi connectivity index (χ2v) is 9.02. The Morgan fingerprint density at radius 2 is 1.81 bits per heavy atom. The highest BCUT2D eigenvalue weighted by atomic mass is 19.1. The fourth-order valence-electron chi connectivity index (χ4n) is 4.97. The van der Waals surface area contributed by atoms with Crippen molar-refractivity contribution in [2.75, 3.05) is 19.8 Å². The average Bonchev–Trinajstić information content (AvgIpc) is 3.27. The zero-order valence-corrected chi connectivity index (χ0v) is 20.6. The third kappa shape index (κ3) is 4.92. The number of hydrogen-bond donors (Lipinski definition) is 1. The zero-order chi connectivity index (χ0) is 24.9. The molecule has 186 valence electrons. The SMILES string of the molecule is CC/C(=C(/c1ccc(OCCN)cc1)c1ccc2c(c1)c(F)nn2C1CCCCO1)c1ccccc1. The summed E-state index contributed by atoms with van der Waals surface area (Å²) in [5.41, 5.74) is 11.7. The minimum atomic E-state index is -0.469. The van der Waals surface area contributed by atoms with Gasteiger partial charge >= 0.3 is 0 Å². The van der Waals surface area contributed by atoms with Crippen LogP contribution in [0.4, 0.5) is 4.39 Å². The van der Waals surface area contributed by atoms with Gasteiger partial charge in [-0.1, -0.05) is 55.5 Å². The van der Waals surface area contributed by atoms with Crippen molar-refractivity contribution in [1.82, 2.24) is 9.78 Å². The van der Waals surface area contributed by atoms with Gasteiger partial charge in [0.05, 0.1) is 10.9 Å². The maximum absolute atomic E-state index is 15.2. The van der Waals surface area contributed by atoms with Gasteiger partial charge in [-0.05, 0) is 77.8 Å². The number of fused-ring (bicyclic) bond motifs is 1. The summed E-state index contributed by atoms with van der Waals surface area (Å²) in [6, 6.07) is 24.3. The summed E-state index contributed by atoms with van der Waals surface area (Å²) in [5, 5.41) is 4.74. The molecule has 1 fully saturated rings. The van der Waals surface area contributed by atoms with Crippen LogP contribution in [0.3, 0.4) is 0 Å². The lowest BCUT2D eigenvalue weighted by Gasteiger charge is -2.23. The van der Waals surface area contributed by atoms with Crippen LogP contribution in [0.15, 0.2) is 72.8 Å². The lowest BCUT2D eigenvalue weighted by molar-refractivity contribution is -0.0375. The molecule has 0 aliphatic carbocycles. The van der Waals surface area contributed by atoms with E-state index in [4.69, 9.17) is 15.2 Å². The fourth-order valence-corrected chi connectivity index (χ4v) is 4.97. The summed E-state index contributed by atoms with van der Waals surface area (Å²) >= 11 is 0. The van der Waals surface area contributed by atoms with Crippen LogP contribution in [0.2, 0.25) is 0 Å². The molecule has 6 heteroatoms. The van der Waals surface area contributed by atoms with E-state index in [0.29, 0.717) is 25.1 Å². The molecule has 0 bridgehead atoms. The second kappa shape index (κ2) is 11.1. The molecule has 3 aromatic carbocycles. The molecule has 0 amide bonds. The first-order valence-electron chi connectivity index (χ1n) is 12.7. The number of ether oxygens (including phenoxy) is 2. The average molecular weight is 486 g/mol. The van der Waals surface area contributed by atoms with Gasteiger partial charge in [0.2, 0.25) is 5.95 Å². The molecule has 0 saturated carbocycles. The maximum Gasteiger partial charge on any atom is 0.240 e. The van der Waals surface area contributed by atoms with Gasteiger partial charge in [0.25, 0.3) is 0 Å². The van der Waals surface area contributed by atoms with Gasteiger partial charge < -0.3 is 15.2 Å². The van der Waals surface area contributed by atoms with E-state index in [2.05, 4.69) is 42.4 Å². The Morgan fingerprint density at radius 1 is 1.03 bits per heavy atom. The van der Waals surface area contributed by atoms with Crippen LogP contribution < -0.4 is 10.5 Å². The molecule has 1 unspecified atom stereocenters. The Kier molecular flexibility index (Phi) is 7.44. The normalized spacial score (nSPS) is 16.7. The summed E-state index contributed by atoms with van der Waals surface area (Å²) in [6.07, 6.45) is 3.53. The third-order valence-corrected chi connectivity index (χ3v) is 6.69. The van der Waals surface area contributed by atoms with Gasteiger partial charge in [-0.25, -0.2) is 4.68 Å². The molecular formula is C30H32FN3O2. The van der Waals surface area contributed by atoms with E-state index in [-0.39, 0.29) is 6.23 Å². The van der Waals surface area contributed by atoms with Crippen molar-refractivity contribution in [3.63, 3.8) is 0 Å². The highest BCUT2D eigenvalue weighted by molar-refractivity contribution is 6.00. The van der Waals surface area contributed by atoms with Crippen LogP contribution in [-0.2, 0) is 4.74 Å². The molecular weight excluding hydrogens is 453 g/mol. The molecule has 1 aliphatic rings. The fraction of sp³-hybridized carbons (Fsp3) is 0.300. The molecule has 4 aromatic rings. The molecule has 2 heterocycles. The molecule has 5 rings (SSSR count). The minimum Gasteiger partial charge on any atom is -0.492 e. The van der Waals surface area contributed by atoms with Gasteiger partial charge in [-0.15, -0.1) is 5.10 Å². The Balaban J connectivity index is 1.64. The molecule has 0 radical (unpaired) electrons. The van der Waals surface area contributed by atoms with Crippen molar-refractivity contribution in [3.8, 4) is 5.75 Å². The van der Waals surface area contributed by atoms with Crippen molar-refractivity contribution in [3.05, 3.63) is 95.4 Å². The maximum atomic E-state index is 15.2. The first kappa shape index (κ1) is 24.2. The van der Waals surface area contributed by atoms with E-state index in [0.717, 1.165) is 59.2 Å². The number of rotatable bonds is 8. The van der Waals surface area contributed by atoms with Crippen molar-refractivity contribution in [1.29, 1.82) is 0 Å². The number of benzene rings is 3. The number of nitrogens with zero attached hydrogens (tertiary/aromatic N) is 2. The summed E-state index contributed by atoms with van der Waals surface area (Å²) in [4.78, 5) is 0. The van der Waals surface area contributed by atoms with Crippen molar-refractivity contribution in [2.24, 2.45) is 5.73 Å². The molecule has 0 spiro atoms. The van der Waals surface area contributed by atoms with Crippen LogP contribution in [-0.4, -0.2) is 29.5 Å². The number of hydrogen-bond acceptors (Lipinski definition) is 4. The zero-order valence-electron chi connectivity index (χ0n) is 20.6. The number of nitrogens with two attached hydrogens (primary N) is 1. The van der Waals surface area contributed by atoms with Crippen LogP contribution in [0.25, 0.3) is 22.0 Å². The Hall–Kier alpha value is -3.48. The van der Waals surface area contributed by atoms with Crippen molar-refractivity contribution < 1.29 is 13.9 Å². The predicted molar refractivity (Wildman–Crippen MR) is 142 cm³/mol. The lowest BCUT2D eigenvalue weighted by atomic mass is 9.88. The third-order valence-electron chi connectivity index (χ3n) is 6.69. The Labute approximate surface area is 211 Å².